The average molecular weight is 375 g/mol. The van der Waals surface area contributed by atoms with Crippen LogP contribution in [0.15, 0.2) is 66.0 Å². The fourth-order valence-corrected chi connectivity index (χ4v) is 3.23. The third kappa shape index (κ3) is 3.34. The zero-order valence-electron chi connectivity index (χ0n) is 15.8. The Morgan fingerprint density at radius 3 is 2.82 bits per heavy atom. The van der Waals surface area contributed by atoms with Crippen LogP contribution in [-0.4, -0.2) is 31.4 Å². The number of aromatic amines is 1. The lowest BCUT2D eigenvalue weighted by atomic mass is 10.1. The summed E-state index contributed by atoms with van der Waals surface area (Å²) < 4.78 is 8.48. The number of methoxy groups -OCH3 is 1. The summed E-state index contributed by atoms with van der Waals surface area (Å²) in [6.45, 7) is 2.52. The van der Waals surface area contributed by atoms with Crippen LogP contribution < -0.4 is 10.4 Å². The third-order valence-corrected chi connectivity index (χ3v) is 4.68. The molecule has 28 heavy (non-hydrogen) atoms. The maximum absolute atomic E-state index is 12.9. The second-order valence-corrected chi connectivity index (χ2v) is 6.43. The molecule has 1 N–H and O–H groups in total. The number of imidazole rings is 1. The number of benzene rings is 1. The predicted molar refractivity (Wildman–Crippen MR) is 107 cm³/mol. The molecule has 3 heterocycles. The molecule has 7 heteroatoms. The molecule has 0 aliphatic carbocycles. The molecule has 0 unspecified atom stereocenters. The highest BCUT2D eigenvalue weighted by atomic mass is 16.5. The predicted octanol–water partition coefficient (Wildman–Crippen LogP) is 3.04. The summed E-state index contributed by atoms with van der Waals surface area (Å²) in [6.07, 6.45) is 7.90. The lowest BCUT2D eigenvalue weighted by Crippen LogP contribution is -2.24. The molecular formula is C21H21N5O2. The van der Waals surface area contributed by atoms with Gasteiger partial charge in [0.2, 0.25) is 0 Å². The topological polar surface area (TPSA) is 77.7 Å². The molecule has 1 aromatic carbocycles. The van der Waals surface area contributed by atoms with Crippen LogP contribution in [0.3, 0.4) is 0 Å². The van der Waals surface area contributed by atoms with Crippen LogP contribution in [0, 0.1) is 0 Å². The number of hydrogen-bond acceptors (Lipinski definition) is 4. The molecule has 142 valence electrons. The first kappa shape index (κ1) is 17.8. The van der Waals surface area contributed by atoms with Crippen molar-refractivity contribution >= 4 is 0 Å². The molecule has 0 saturated carbocycles. The normalized spacial score (nSPS) is 10.9. The van der Waals surface area contributed by atoms with Crippen LogP contribution in [0.25, 0.3) is 16.9 Å². The minimum absolute atomic E-state index is 0.131. The second kappa shape index (κ2) is 7.56. The van der Waals surface area contributed by atoms with Gasteiger partial charge in [-0.1, -0.05) is 19.1 Å². The molecule has 0 radical (unpaired) electrons. The minimum Gasteiger partial charge on any atom is -0.497 e. The maximum atomic E-state index is 12.9. The standard InChI is InChI=1S/C21H21N5O2/c1-3-19-18(16-12-22-23-13-16)7-8-20(24-19)26-10-9-25(21(26)27)14-15-5-4-6-17(11-15)28-2/h4-13H,3,14H2,1-2H3,(H,22,23). The lowest BCUT2D eigenvalue weighted by molar-refractivity contribution is 0.414. The van der Waals surface area contributed by atoms with E-state index in [9.17, 15) is 4.79 Å². The van der Waals surface area contributed by atoms with E-state index in [1.54, 1.807) is 34.8 Å². The highest BCUT2D eigenvalue weighted by Crippen LogP contribution is 2.23. The third-order valence-electron chi connectivity index (χ3n) is 4.68. The zero-order chi connectivity index (χ0) is 19.5. The maximum Gasteiger partial charge on any atom is 0.334 e. The van der Waals surface area contributed by atoms with E-state index < -0.39 is 0 Å². The number of H-pyrrole nitrogens is 1. The van der Waals surface area contributed by atoms with Crippen molar-refractivity contribution in [2.75, 3.05) is 7.11 Å². The molecule has 0 atom stereocenters. The summed E-state index contributed by atoms with van der Waals surface area (Å²) in [7, 11) is 1.63. The van der Waals surface area contributed by atoms with Gasteiger partial charge in [0.25, 0.3) is 0 Å². The van der Waals surface area contributed by atoms with Gasteiger partial charge in [-0.25, -0.2) is 9.78 Å². The van der Waals surface area contributed by atoms with Crippen molar-refractivity contribution in [2.24, 2.45) is 0 Å². The van der Waals surface area contributed by atoms with Crippen LogP contribution in [0.2, 0.25) is 0 Å². The molecule has 0 fully saturated rings. The first-order chi connectivity index (χ1) is 13.7. The number of pyridine rings is 1. The number of aromatic nitrogens is 5. The van der Waals surface area contributed by atoms with Crippen molar-refractivity contribution in [2.45, 2.75) is 19.9 Å². The van der Waals surface area contributed by atoms with E-state index in [0.29, 0.717) is 12.4 Å². The van der Waals surface area contributed by atoms with E-state index in [0.717, 1.165) is 34.6 Å². The zero-order valence-corrected chi connectivity index (χ0v) is 15.8. The SMILES string of the molecule is CCc1nc(-n2ccn(Cc3cccc(OC)c3)c2=O)ccc1-c1cn[nH]c1. The Kier molecular flexibility index (Phi) is 4.80. The minimum atomic E-state index is -0.131. The number of rotatable bonds is 6. The quantitative estimate of drug-likeness (QED) is 0.562. The van der Waals surface area contributed by atoms with Crippen molar-refractivity contribution in [3.05, 3.63) is 82.9 Å². The van der Waals surface area contributed by atoms with Crippen LogP contribution in [0.5, 0.6) is 5.75 Å². The van der Waals surface area contributed by atoms with Crippen molar-refractivity contribution in [1.29, 1.82) is 0 Å². The van der Waals surface area contributed by atoms with Gasteiger partial charge in [0.05, 0.1) is 25.5 Å². The van der Waals surface area contributed by atoms with Gasteiger partial charge < -0.3 is 4.74 Å². The summed E-state index contributed by atoms with van der Waals surface area (Å²) in [5.74, 6) is 1.38. The Hall–Kier alpha value is -3.61. The summed E-state index contributed by atoms with van der Waals surface area (Å²) in [5.41, 5.74) is 3.79. The average Bonchev–Trinajstić information content (AvgIpc) is 3.38. The molecule has 0 aliphatic rings. The van der Waals surface area contributed by atoms with Crippen molar-refractivity contribution in [3.8, 4) is 22.7 Å². The monoisotopic (exact) mass is 375 g/mol. The highest BCUT2D eigenvalue weighted by molar-refractivity contribution is 5.65. The Bertz CT molecular complexity index is 1140. The largest absolute Gasteiger partial charge is 0.497 e. The van der Waals surface area contributed by atoms with E-state index in [4.69, 9.17) is 9.72 Å². The number of hydrogen-bond donors (Lipinski definition) is 1. The van der Waals surface area contributed by atoms with E-state index >= 15 is 0 Å². The van der Waals surface area contributed by atoms with Crippen LogP contribution >= 0.6 is 0 Å². The fourth-order valence-electron chi connectivity index (χ4n) is 3.23. The Morgan fingerprint density at radius 1 is 1.18 bits per heavy atom. The molecule has 0 bridgehead atoms. The van der Waals surface area contributed by atoms with E-state index in [1.807, 2.05) is 49.5 Å². The highest BCUT2D eigenvalue weighted by Gasteiger charge is 2.12. The van der Waals surface area contributed by atoms with Gasteiger partial charge in [-0.05, 0) is 36.2 Å². The lowest BCUT2D eigenvalue weighted by Gasteiger charge is -2.08. The van der Waals surface area contributed by atoms with E-state index in [2.05, 4.69) is 10.2 Å². The van der Waals surface area contributed by atoms with E-state index in [-0.39, 0.29) is 5.69 Å². The number of aryl methyl sites for hydroxylation is 1. The van der Waals surface area contributed by atoms with Crippen LogP contribution in [0.1, 0.15) is 18.2 Å². The summed E-state index contributed by atoms with van der Waals surface area (Å²) >= 11 is 0. The molecule has 0 saturated heterocycles. The first-order valence-corrected chi connectivity index (χ1v) is 9.09. The number of nitrogens with zero attached hydrogens (tertiary/aromatic N) is 4. The molecule has 4 rings (SSSR count). The van der Waals surface area contributed by atoms with Crippen LogP contribution in [-0.2, 0) is 13.0 Å². The Morgan fingerprint density at radius 2 is 2.07 bits per heavy atom. The van der Waals surface area contributed by atoms with Gasteiger partial charge in [-0.2, -0.15) is 5.10 Å². The fraction of sp³-hybridized carbons (Fsp3) is 0.190. The molecule has 3 aromatic heterocycles. The van der Waals surface area contributed by atoms with E-state index in [1.165, 1.54) is 0 Å². The first-order valence-electron chi connectivity index (χ1n) is 9.09. The molecule has 0 amide bonds. The molecular weight excluding hydrogens is 354 g/mol. The van der Waals surface area contributed by atoms with Crippen molar-refractivity contribution in [3.63, 3.8) is 0 Å². The second-order valence-electron chi connectivity index (χ2n) is 6.43. The Balaban J connectivity index is 1.66. The summed E-state index contributed by atoms with van der Waals surface area (Å²) in [6, 6.07) is 11.5. The summed E-state index contributed by atoms with van der Waals surface area (Å²) in [4.78, 5) is 17.6. The summed E-state index contributed by atoms with van der Waals surface area (Å²) in [5, 5.41) is 6.83. The van der Waals surface area contributed by atoms with Gasteiger partial charge >= 0.3 is 5.69 Å². The van der Waals surface area contributed by atoms with Crippen LogP contribution in [0.4, 0.5) is 0 Å². The van der Waals surface area contributed by atoms with Crippen molar-refractivity contribution in [1.82, 2.24) is 24.3 Å². The van der Waals surface area contributed by atoms with Gasteiger partial charge in [0, 0.05) is 29.7 Å². The number of nitrogens with one attached hydrogen (secondary N) is 1. The molecule has 7 nitrogen and oxygen atoms in total. The molecule has 4 aromatic rings. The van der Waals surface area contributed by atoms with Gasteiger partial charge in [0.15, 0.2) is 0 Å². The van der Waals surface area contributed by atoms with Gasteiger partial charge in [-0.3, -0.25) is 14.2 Å². The smallest absolute Gasteiger partial charge is 0.334 e. The molecule has 0 aliphatic heterocycles. The molecule has 0 spiro atoms. The Labute approximate surface area is 162 Å². The van der Waals surface area contributed by atoms with Gasteiger partial charge in [-0.15, -0.1) is 0 Å². The van der Waals surface area contributed by atoms with Gasteiger partial charge in [0.1, 0.15) is 11.6 Å². The number of ether oxygens (including phenoxy) is 1. The van der Waals surface area contributed by atoms with Crippen molar-refractivity contribution < 1.29 is 4.74 Å².